The Balaban J connectivity index is 1.15. The molecule has 0 fully saturated rings. The lowest BCUT2D eigenvalue weighted by Crippen LogP contribution is -1.91. The molecule has 1 heteroatoms. The molecule has 218 valence electrons. The van der Waals surface area contributed by atoms with Crippen LogP contribution in [0.25, 0.3) is 96.6 Å². The fraction of sp³-hybridized carbons (Fsp3) is 0. The van der Waals surface area contributed by atoms with Crippen molar-refractivity contribution in [2.45, 2.75) is 0 Å². The summed E-state index contributed by atoms with van der Waals surface area (Å²) in [5.74, 6) is 0. The van der Waals surface area contributed by atoms with Crippen molar-refractivity contribution in [1.82, 2.24) is 0 Å². The highest BCUT2D eigenvalue weighted by molar-refractivity contribution is 7.25. The van der Waals surface area contributed by atoms with Gasteiger partial charge in [-0.15, -0.1) is 11.3 Å². The van der Waals surface area contributed by atoms with Crippen molar-refractivity contribution >= 4 is 74.6 Å². The highest BCUT2D eigenvalue weighted by Crippen LogP contribution is 2.46. The highest BCUT2D eigenvalue weighted by atomic mass is 32.1. The summed E-state index contributed by atoms with van der Waals surface area (Å²) >= 11 is 1.90. The van der Waals surface area contributed by atoms with Crippen LogP contribution in [0, 0.1) is 0 Å². The lowest BCUT2D eigenvalue weighted by molar-refractivity contribution is 1.63. The van der Waals surface area contributed by atoms with Crippen LogP contribution < -0.4 is 0 Å². The smallest absolute Gasteiger partial charge is 0.0361 e. The predicted molar refractivity (Wildman–Crippen MR) is 206 cm³/mol. The van der Waals surface area contributed by atoms with Crippen LogP contribution in [0.5, 0.6) is 0 Å². The lowest BCUT2D eigenvalue weighted by atomic mass is 9.85. The zero-order valence-electron chi connectivity index (χ0n) is 25.6. The van der Waals surface area contributed by atoms with Crippen LogP contribution in [0.3, 0.4) is 0 Å². The van der Waals surface area contributed by atoms with Crippen molar-refractivity contribution in [3.8, 4) is 33.4 Å². The van der Waals surface area contributed by atoms with E-state index >= 15 is 0 Å². The van der Waals surface area contributed by atoms with Gasteiger partial charge in [-0.25, -0.2) is 0 Å². The van der Waals surface area contributed by atoms with Crippen molar-refractivity contribution in [3.05, 3.63) is 170 Å². The molecule has 9 aromatic carbocycles. The Bertz CT molecular complexity index is 2780. The average molecular weight is 613 g/mol. The first-order valence-corrected chi connectivity index (χ1v) is 17.0. The molecule has 10 rings (SSSR count). The summed E-state index contributed by atoms with van der Waals surface area (Å²) in [6.07, 6.45) is 0. The predicted octanol–water partition coefficient (Wildman–Crippen LogP) is 13.7. The van der Waals surface area contributed by atoms with Gasteiger partial charge in [0.2, 0.25) is 0 Å². The van der Waals surface area contributed by atoms with Crippen molar-refractivity contribution in [2.75, 3.05) is 0 Å². The van der Waals surface area contributed by atoms with Gasteiger partial charge in [0.05, 0.1) is 0 Å². The minimum atomic E-state index is 1.23. The Hall–Kier alpha value is -5.76. The SMILES string of the molecule is c1ccc2cc(-c3ccc(-c4c5ccccc5c(-c5ccc6c(c5)sc5cc7ccccc7cc56)c5ccccc45)cc3)ccc2c1. The number of benzene rings is 9. The van der Waals surface area contributed by atoms with Crippen LogP contribution >= 0.6 is 11.3 Å². The molecule has 1 aromatic heterocycles. The normalized spacial score (nSPS) is 11.8. The maximum absolute atomic E-state index is 2.41. The molecule has 0 saturated heterocycles. The third kappa shape index (κ3) is 4.21. The third-order valence-corrected chi connectivity index (χ3v) is 10.9. The van der Waals surface area contributed by atoms with E-state index in [0.717, 1.165) is 0 Å². The Morgan fingerprint density at radius 2 is 0.723 bits per heavy atom. The molecule has 47 heavy (non-hydrogen) atoms. The third-order valence-electron chi connectivity index (χ3n) is 9.82. The summed E-state index contributed by atoms with van der Waals surface area (Å²) in [5, 5.41) is 12.9. The largest absolute Gasteiger partial charge is 0.135 e. The Morgan fingerprint density at radius 3 is 1.38 bits per heavy atom. The summed E-state index contributed by atoms with van der Waals surface area (Å²) < 4.78 is 2.67. The van der Waals surface area contributed by atoms with E-state index in [2.05, 4.69) is 170 Å². The molecule has 0 unspecified atom stereocenters. The molecule has 0 saturated carbocycles. The van der Waals surface area contributed by atoms with Crippen molar-refractivity contribution in [1.29, 1.82) is 0 Å². The van der Waals surface area contributed by atoms with Gasteiger partial charge >= 0.3 is 0 Å². The van der Waals surface area contributed by atoms with Crippen LogP contribution in [-0.4, -0.2) is 0 Å². The van der Waals surface area contributed by atoms with E-state index < -0.39 is 0 Å². The van der Waals surface area contributed by atoms with E-state index in [1.807, 2.05) is 11.3 Å². The summed E-state index contributed by atoms with van der Waals surface area (Å²) in [5.41, 5.74) is 7.57. The van der Waals surface area contributed by atoms with Crippen molar-refractivity contribution in [2.24, 2.45) is 0 Å². The quantitative estimate of drug-likeness (QED) is 0.174. The number of fused-ring (bicyclic) bond motifs is 7. The van der Waals surface area contributed by atoms with Crippen LogP contribution in [-0.2, 0) is 0 Å². The van der Waals surface area contributed by atoms with Gasteiger partial charge in [-0.2, -0.15) is 0 Å². The first-order valence-electron chi connectivity index (χ1n) is 16.2. The molecule has 0 aliphatic heterocycles. The second-order valence-electron chi connectivity index (χ2n) is 12.5. The minimum Gasteiger partial charge on any atom is -0.135 e. The Labute approximate surface area is 276 Å². The van der Waals surface area contributed by atoms with Gasteiger partial charge in [-0.05, 0) is 101 Å². The summed E-state index contributed by atoms with van der Waals surface area (Å²) in [7, 11) is 0. The van der Waals surface area contributed by atoms with Crippen LogP contribution in [0.4, 0.5) is 0 Å². The molecule has 10 aromatic rings. The maximum Gasteiger partial charge on any atom is 0.0361 e. The molecule has 0 atom stereocenters. The second kappa shape index (κ2) is 10.4. The second-order valence-corrected chi connectivity index (χ2v) is 13.6. The minimum absolute atomic E-state index is 1.23. The number of thiophene rings is 1. The topological polar surface area (TPSA) is 0 Å². The Morgan fingerprint density at radius 1 is 0.255 bits per heavy atom. The van der Waals surface area contributed by atoms with Crippen molar-refractivity contribution < 1.29 is 0 Å². The van der Waals surface area contributed by atoms with E-state index in [0.29, 0.717) is 0 Å². The van der Waals surface area contributed by atoms with Gasteiger partial charge in [0.15, 0.2) is 0 Å². The molecule has 0 nitrogen and oxygen atoms in total. The summed E-state index contributed by atoms with van der Waals surface area (Å²) in [6.45, 7) is 0. The first kappa shape index (κ1) is 26.5. The number of hydrogen-bond donors (Lipinski definition) is 0. The zero-order valence-corrected chi connectivity index (χ0v) is 26.4. The van der Waals surface area contributed by atoms with Crippen LogP contribution in [0.1, 0.15) is 0 Å². The van der Waals surface area contributed by atoms with E-state index in [-0.39, 0.29) is 0 Å². The molecule has 0 spiro atoms. The first-order chi connectivity index (χ1) is 23.3. The standard InChI is InChI=1S/C46H28S/c1-2-10-32-25-35(22-19-29(32)9-1)30-17-20-31(21-18-30)45-38-13-5-7-15-40(38)46(41-16-8-6-14-39(41)45)36-23-24-37-42-26-33-11-3-4-12-34(33)27-44(42)47-43(37)28-36/h1-28H. The van der Waals surface area contributed by atoms with Gasteiger partial charge in [0.1, 0.15) is 0 Å². The van der Waals surface area contributed by atoms with Gasteiger partial charge in [-0.1, -0.05) is 146 Å². The van der Waals surface area contributed by atoms with Gasteiger partial charge in [0.25, 0.3) is 0 Å². The van der Waals surface area contributed by atoms with E-state index in [4.69, 9.17) is 0 Å². The van der Waals surface area contributed by atoms with Crippen molar-refractivity contribution in [3.63, 3.8) is 0 Å². The molecule has 0 N–H and O–H groups in total. The molecule has 0 bridgehead atoms. The lowest BCUT2D eigenvalue weighted by Gasteiger charge is -2.18. The maximum atomic E-state index is 2.41. The number of rotatable bonds is 3. The number of hydrogen-bond acceptors (Lipinski definition) is 1. The van der Waals surface area contributed by atoms with Gasteiger partial charge in [-0.3, -0.25) is 0 Å². The zero-order chi connectivity index (χ0) is 30.9. The molecule has 0 radical (unpaired) electrons. The molecule has 0 aliphatic rings. The van der Waals surface area contributed by atoms with E-state index in [9.17, 15) is 0 Å². The fourth-order valence-electron chi connectivity index (χ4n) is 7.57. The highest BCUT2D eigenvalue weighted by Gasteiger charge is 2.17. The molecule has 0 amide bonds. The molecule has 1 heterocycles. The summed E-state index contributed by atoms with van der Waals surface area (Å²) in [4.78, 5) is 0. The fourth-order valence-corrected chi connectivity index (χ4v) is 8.74. The molecular weight excluding hydrogens is 585 g/mol. The summed E-state index contributed by atoms with van der Waals surface area (Å²) in [6, 6.07) is 62.8. The van der Waals surface area contributed by atoms with E-state index in [1.165, 1.54) is 96.6 Å². The van der Waals surface area contributed by atoms with E-state index in [1.54, 1.807) is 0 Å². The monoisotopic (exact) mass is 612 g/mol. The van der Waals surface area contributed by atoms with Gasteiger partial charge in [0, 0.05) is 20.2 Å². The average Bonchev–Trinajstić information content (AvgIpc) is 3.49. The molecular formula is C46H28S. The van der Waals surface area contributed by atoms with Gasteiger partial charge < -0.3 is 0 Å². The van der Waals surface area contributed by atoms with Crippen LogP contribution in [0.2, 0.25) is 0 Å². The Kier molecular flexibility index (Phi) is 5.85. The van der Waals surface area contributed by atoms with Crippen LogP contribution in [0.15, 0.2) is 170 Å². The molecule has 0 aliphatic carbocycles.